The molecule has 0 radical (unpaired) electrons. The maximum Gasteiger partial charge on any atom is 0.307 e. The predicted octanol–water partition coefficient (Wildman–Crippen LogP) is 4.42. The van der Waals surface area contributed by atoms with E-state index in [4.69, 9.17) is 4.74 Å². The van der Waals surface area contributed by atoms with Crippen LogP contribution in [0.25, 0.3) is 0 Å². The zero-order valence-electron chi connectivity index (χ0n) is 17.1. The highest BCUT2D eigenvalue weighted by molar-refractivity contribution is 5.70. The van der Waals surface area contributed by atoms with Crippen molar-refractivity contribution in [2.24, 2.45) is 5.92 Å². The largest absolute Gasteiger partial charge is 0.481 e. The summed E-state index contributed by atoms with van der Waals surface area (Å²) in [5, 5.41) is 9.18. The molecule has 1 saturated heterocycles. The molecule has 0 spiro atoms. The fraction of sp³-hybridized carbons (Fsp3) is 0.458. The van der Waals surface area contributed by atoms with Crippen LogP contribution in [-0.2, 0) is 9.53 Å². The molecule has 1 fully saturated rings. The van der Waals surface area contributed by atoms with E-state index < -0.39 is 5.97 Å². The number of para-hydroxylation sites is 2. The van der Waals surface area contributed by atoms with E-state index in [1.807, 2.05) is 12.1 Å². The number of nitrogens with zero attached hydrogens (tertiary/aromatic N) is 2. The van der Waals surface area contributed by atoms with Crippen LogP contribution in [0.4, 0.5) is 11.4 Å². The molecule has 1 N–H and O–H groups in total. The Labute approximate surface area is 173 Å². The van der Waals surface area contributed by atoms with Gasteiger partial charge in [0.05, 0.1) is 5.92 Å². The number of aliphatic carboxylic acids is 1. The minimum atomic E-state index is -0.660. The van der Waals surface area contributed by atoms with Crippen molar-refractivity contribution < 1.29 is 14.6 Å². The minimum absolute atomic E-state index is 0.202. The van der Waals surface area contributed by atoms with Gasteiger partial charge in [0.1, 0.15) is 0 Å². The molecule has 1 heterocycles. The Morgan fingerprint density at radius 1 is 1.00 bits per heavy atom. The van der Waals surface area contributed by atoms with E-state index in [1.165, 1.54) is 11.4 Å². The van der Waals surface area contributed by atoms with Crippen molar-refractivity contribution in [3.63, 3.8) is 0 Å². The topological polar surface area (TPSA) is 53.0 Å². The predicted molar refractivity (Wildman–Crippen MR) is 117 cm³/mol. The monoisotopic (exact) mass is 396 g/mol. The van der Waals surface area contributed by atoms with Crippen LogP contribution in [-0.4, -0.2) is 55.4 Å². The first-order valence-electron chi connectivity index (χ1n) is 10.6. The van der Waals surface area contributed by atoms with Gasteiger partial charge in [0, 0.05) is 44.2 Å². The Kier molecular flexibility index (Phi) is 8.53. The molecule has 1 unspecified atom stereocenters. The quantitative estimate of drug-likeness (QED) is 0.570. The Morgan fingerprint density at radius 3 is 2.24 bits per heavy atom. The van der Waals surface area contributed by atoms with E-state index in [0.29, 0.717) is 6.54 Å². The zero-order valence-corrected chi connectivity index (χ0v) is 17.1. The SMILES string of the molecule is O=C(O)C1CCCN(CCCOCCCN(c2ccccc2)c2ccccc2)C1. The molecule has 2 aromatic rings. The van der Waals surface area contributed by atoms with E-state index in [9.17, 15) is 9.90 Å². The van der Waals surface area contributed by atoms with Crippen molar-refractivity contribution in [2.75, 3.05) is 44.3 Å². The van der Waals surface area contributed by atoms with Crippen molar-refractivity contribution in [2.45, 2.75) is 25.7 Å². The summed E-state index contributed by atoms with van der Waals surface area (Å²) >= 11 is 0. The number of carbonyl (C=O) groups is 1. The molecular formula is C24H32N2O3. The summed E-state index contributed by atoms with van der Waals surface area (Å²) in [6, 6.07) is 20.9. The molecule has 0 saturated carbocycles. The number of rotatable bonds is 11. The summed E-state index contributed by atoms with van der Waals surface area (Å²) < 4.78 is 5.85. The van der Waals surface area contributed by atoms with Crippen molar-refractivity contribution in [3.05, 3.63) is 60.7 Å². The van der Waals surface area contributed by atoms with E-state index in [-0.39, 0.29) is 5.92 Å². The molecule has 156 valence electrons. The molecule has 1 aliphatic rings. The number of piperidine rings is 1. The summed E-state index contributed by atoms with van der Waals surface area (Å²) in [4.78, 5) is 15.7. The number of carboxylic acids is 1. The molecule has 0 aliphatic carbocycles. The van der Waals surface area contributed by atoms with E-state index in [0.717, 1.165) is 58.5 Å². The molecule has 5 heteroatoms. The number of ether oxygens (including phenoxy) is 1. The fourth-order valence-electron chi connectivity index (χ4n) is 3.90. The second kappa shape index (κ2) is 11.6. The molecule has 1 aliphatic heterocycles. The smallest absolute Gasteiger partial charge is 0.307 e. The standard InChI is InChI=1S/C24H32N2O3/c27-24(28)21-10-7-15-25(20-21)16-8-18-29-19-9-17-26(22-11-3-1-4-12-22)23-13-5-2-6-14-23/h1-6,11-14,21H,7-10,15-20H2,(H,27,28). The first-order valence-corrected chi connectivity index (χ1v) is 10.6. The van der Waals surface area contributed by atoms with Crippen LogP contribution < -0.4 is 4.90 Å². The van der Waals surface area contributed by atoms with E-state index in [2.05, 4.69) is 58.3 Å². The van der Waals surface area contributed by atoms with Gasteiger partial charge in [-0.3, -0.25) is 4.79 Å². The number of likely N-dealkylation sites (tertiary alicyclic amines) is 1. The van der Waals surface area contributed by atoms with Gasteiger partial charge in [-0.05, 0) is 56.5 Å². The second-order valence-electron chi connectivity index (χ2n) is 7.62. The van der Waals surface area contributed by atoms with Crippen LogP contribution in [0, 0.1) is 5.92 Å². The first-order chi connectivity index (χ1) is 14.2. The fourth-order valence-corrected chi connectivity index (χ4v) is 3.90. The van der Waals surface area contributed by atoms with Crippen LogP contribution in [0.3, 0.4) is 0 Å². The lowest BCUT2D eigenvalue weighted by Gasteiger charge is -2.30. The highest BCUT2D eigenvalue weighted by atomic mass is 16.5. The number of carboxylic acid groups (broad SMARTS) is 1. The van der Waals surface area contributed by atoms with Crippen LogP contribution in [0.15, 0.2) is 60.7 Å². The summed E-state index contributed by atoms with van der Waals surface area (Å²) in [6.45, 7) is 4.97. The maximum absolute atomic E-state index is 11.2. The van der Waals surface area contributed by atoms with Gasteiger partial charge < -0.3 is 19.6 Å². The van der Waals surface area contributed by atoms with Crippen LogP contribution >= 0.6 is 0 Å². The Bertz CT molecular complexity index is 684. The summed E-state index contributed by atoms with van der Waals surface area (Å²) in [6.07, 6.45) is 3.69. The molecule has 3 rings (SSSR count). The summed E-state index contributed by atoms with van der Waals surface area (Å²) in [5.74, 6) is -0.862. The molecule has 2 aromatic carbocycles. The van der Waals surface area contributed by atoms with Crippen LogP contribution in [0.2, 0.25) is 0 Å². The van der Waals surface area contributed by atoms with Crippen LogP contribution in [0.1, 0.15) is 25.7 Å². The van der Waals surface area contributed by atoms with E-state index in [1.54, 1.807) is 0 Å². The van der Waals surface area contributed by atoms with Crippen molar-refractivity contribution in [1.29, 1.82) is 0 Å². The molecule has 0 aromatic heterocycles. The van der Waals surface area contributed by atoms with Gasteiger partial charge in [-0.1, -0.05) is 36.4 Å². The third-order valence-corrected chi connectivity index (χ3v) is 5.42. The molecule has 0 bridgehead atoms. The normalized spacial score (nSPS) is 17.2. The molecule has 29 heavy (non-hydrogen) atoms. The Hall–Kier alpha value is -2.37. The maximum atomic E-state index is 11.2. The Balaban J connectivity index is 1.36. The minimum Gasteiger partial charge on any atom is -0.481 e. The van der Waals surface area contributed by atoms with Crippen molar-refractivity contribution >= 4 is 17.3 Å². The second-order valence-corrected chi connectivity index (χ2v) is 7.62. The lowest BCUT2D eigenvalue weighted by molar-refractivity contribution is -0.143. The molecule has 1 atom stereocenters. The van der Waals surface area contributed by atoms with Crippen molar-refractivity contribution in [3.8, 4) is 0 Å². The van der Waals surface area contributed by atoms with Gasteiger partial charge >= 0.3 is 5.97 Å². The lowest BCUT2D eigenvalue weighted by atomic mass is 9.98. The van der Waals surface area contributed by atoms with Gasteiger partial charge in [-0.15, -0.1) is 0 Å². The summed E-state index contributed by atoms with van der Waals surface area (Å²) in [5.41, 5.74) is 2.38. The number of anilines is 2. The van der Waals surface area contributed by atoms with Gasteiger partial charge in [-0.25, -0.2) is 0 Å². The van der Waals surface area contributed by atoms with E-state index >= 15 is 0 Å². The average molecular weight is 397 g/mol. The molecule has 0 amide bonds. The average Bonchev–Trinajstić information content (AvgIpc) is 2.77. The van der Waals surface area contributed by atoms with Gasteiger partial charge in [0.15, 0.2) is 0 Å². The van der Waals surface area contributed by atoms with Crippen molar-refractivity contribution in [1.82, 2.24) is 4.90 Å². The first kappa shape index (κ1) is 21.3. The third-order valence-electron chi connectivity index (χ3n) is 5.42. The summed E-state index contributed by atoms with van der Waals surface area (Å²) in [7, 11) is 0. The number of hydrogen-bond donors (Lipinski definition) is 1. The Morgan fingerprint density at radius 2 is 1.62 bits per heavy atom. The molecule has 5 nitrogen and oxygen atoms in total. The highest BCUT2D eigenvalue weighted by Gasteiger charge is 2.24. The lowest BCUT2D eigenvalue weighted by Crippen LogP contribution is -2.39. The number of benzene rings is 2. The molecular weight excluding hydrogens is 364 g/mol. The van der Waals surface area contributed by atoms with Gasteiger partial charge in [-0.2, -0.15) is 0 Å². The zero-order chi connectivity index (χ0) is 20.3. The van der Waals surface area contributed by atoms with Gasteiger partial charge in [0.2, 0.25) is 0 Å². The highest BCUT2D eigenvalue weighted by Crippen LogP contribution is 2.24. The number of hydrogen-bond acceptors (Lipinski definition) is 4. The van der Waals surface area contributed by atoms with Crippen LogP contribution in [0.5, 0.6) is 0 Å². The van der Waals surface area contributed by atoms with Gasteiger partial charge in [0.25, 0.3) is 0 Å². The third kappa shape index (κ3) is 6.87.